The average Bonchev–Trinajstić information content (AvgIpc) is 3.03. The number of hydrogen-bond acceptors (Lipinski definition) is 3. The highest BCUT2D eigenvalue weighted by molar-refractivity contribution is 5.83. The van der Waals surface area contributed by atoms with Crippen molar-refractivity contribution in [3.8, 4) is 0 Å². The predicted octanol–water partition coefficient (Wildman–Crippen LogP) is 2.63. The van der Waals surface area contributed by atoms with Crippen LogP contribution in [-0.2, 0) is 4.79 Å². The molecule has 2 saturated heterocycles. The second-order valence-corrected chi connectivity index (χ2v) is 7.44. The lowest BCUT2D eigenvalue weighted by atomic mass is 9.81. The molecule has 0 saturated carbocycles. The SMILES string of the molecule is CC1(C(=O)N2CCCC2CC(O)c2ccc(F)cc2)CCCNC1. The zero-order valence-corrected chi connectivity index (χ0v) is 14.3. The van der Waals surface area contributed by atoms with Crippen LogP contribution in [0.25, 0.3) is 0 Å². The van der Waals surface area contributed by atoms with E-state index in [4.69, 9.17) is 0 Å². The van der Waals surface area contributed by atoms with Gasteiger partial charge in [0.05, 0.1) is 11.5 Å². The van der Waals surface area contributed by atoms with Crippen molar-refractivity contribution in [3.05, 3.63) is 35.6 Å². The van der Waals surface area contributed by atoms with E-state index in [9.17, 15) is 14.3 Å². The highest BCUT2D eigenvalue weighted by Gasteiger charge is 2.41. The van der Waals surface area contributed by atoms with Gasteiger partial charge >= 0.3 is 0 Å². The second-order valence-electron chi connectivity index (χ2n) is 7.44. The maximum Gasteiger partial charge on any atom is 0.230 e. The van der Waals surface area contributed by atoms with E-state index in [0.717, 1.165) is 45.3 Å². The third kappa shape index (κ3) is 3.62. The summed E-state index contributed by atoms with van der Waals surface area (Å²) in [7, 11) is 0. The van der Waals surface area contributed by atoms with Gasteiger partial charge in [-0.15, -0.1) is 0 Å². The average molecular weight is 334 g/mol. The lowest BCUT2D eigenvalue weighted by Crippen LogP contribution is -2.51. The molecule has 0 bridgehead atoms. The van der Waals surface area contributed by atoms with Crippen molar-refractivity contribution in [1.29, 1.82) is 0 Å². The van der Waals surface area contributed by atoms with Crippen LogP contribution >= 0.6 is 0 Å². The first-order valence-corrected chi connectivity index (χ1v) is 8.95. The largest absolute Gasteiger partial charge is 0.388 e. The van der Waals surface area contributed by atoms with E-state index in [1.807, 2.05) is 11.8 Å². The van der Waals surface area contributed by atoms with Crippen molar-refractivity contribution in [2.24, 2.45) is 5.41 Å². The molecule has 2 aliphatic rings. The first-order valence-electron chi connectivity index (χ1n) is 8.95. The van der Waals surface area contributed by atoms with Crippen LogP contribution in [0.3, 0.4) is 0 Å². The van der Waals surface area contributed by atoms with E-state index in [1.54, 1.807) is 12.1 Å². The minimum atomic E-state index is -0.665. The number of carbonyl (C=O) groups is 1. The number of carbonyl (C=O) groups excluding carboxylic acids is 1. The number of hydrogen-bond donors (Lipinski definition) is 2. The molecule has 0 radical (unpaired) electrons. The fourth-order valence-corrected chi connectivity index (χ4v) is 4.01. The first-order chi connectivity index (χ1) is 11.5. The molecule has 1 aromatic carbocycles. The van der Waals surface area contributed by atoms with E-state index < -0.39 is 6.10 Å². The van der Waals surface area contributed by atoms with Crippen molar-refractivity contribution < 1.29 is 14.3 Å². The summed E-state index contributed by atoms with van der Waals surface area (Å²) in [5.41, 5.74) is 0.378. The molecule has 2 aliphatic heterocycles. The van der Waals surface area contributed by atoms with Crippen molar-refractivity contribution in [2.75, 3.05) is 19.6 Å². The number of piperidine rings is 1. The van der Waals surface area contributed by atoms with Crippen LogP contribution in [0.4, 0.5) is 4.39 Å². The molecule has 3 atom stereocenters. The third-order valence-electron chi connectivity index (χ3n) is 5.50. The second kappa shape index (κ2) is 7.19. The van der Waals surface area contributed by atoms with Crippen LogP contribution in [0.1, 0.15) is 50.7 Å². The minimum Gasteiger partial charge on any atom is -0.388 e. The molecule has 1 amide bonds. The Hall–Kier alpha value is -1.46. The molecule has 2 N–H and O–H groups in total. The summed E-state index contributed by atoms with van der Waals surface area (Å²) in [6.07, 6.45) is 3.70. The highest BCUT2D eigenvalue weighted by atomic mass is 19.1. The van der Waals surface area contributed by atoms with Crippen LogP contribution in [-0.4, -0.2) is 41.6 Å². The molecular formula is C19H27FN2O2. The summed E-state index contributed by atoms with van der Waals surface area (Å²) in [6.45, 7) is 4.54. The number of likely N-dealkylation sites (tertiary alicyclic amines) is 1. The Balaban J connectivity index is 1.66. The number of aliphatic hydroxyl groups is 1. The maximum atomic E-state index is 13.0. The maximum absolute atomic E-state index is 13.0. The quantitative estimate of drug-likeness (QED) is 0.890. The van der Waals surface area contributed by atoms with Gasteiger partial charge in [0.1, 0.15) is 5.82 Å². The summed E-state index contributed by atoms with van der Waals surface area (Å²) in [4.78, 5) is 15.0. The molecule has 0 aliphatic carbocycles. The van der Waals surface area contributed by atoms with Crippen LogP contribution < -0.4 is 5.32 Å². The van der Waals surface area contributed by atoms with Crippen LogP contribution in [0, 0.1) is 11.2 Å². The van der Waals surface area contributed by atoms with Gasteiger partial charge in [0, 0.05) is 19.1 Å². The van der Waals surface area contributed by atoms with Gasteiger partial charge in [-0.05, 0) is 63.3 Å². The number of nitrogens with zero attached hydrogens (tertiary/aromatic N) is 1. The molecule has 132 valence electrons. The van der Waals surface area contributed by atoms with Crippen LogP contribution in [0.5, 0.6) is 0 Å². The molecular weight excluding hydrogens is 307 g/mol. The Labute approximate surface area is 143 Å². The normalized spacial score (nSPS) is 28.8. The van der Waals surface area contributed by atoms with E-state index in [0.29, 0.717) is 12.0 Å². The molecule has 4 nitrogen and oxygen atoms in total. The molecule has 24 heavy (non-hydrogen) atoms. The van der Waals surface area contributed by atoms with E-state index >= 15 is 0 Å². The van der Waals surface area contributed by atoms with Gasteiger partial charge in [0.25, 0.3) is 0 Å². The van der Waals surface area contributed by atoms with Crippen molar-refractivity contribution >= 4 is 5.91 Å². The molecule has 1 aromatic rings. The van der Waals surface area contributed by atoms with E-state index in [2.05, 4.69) is 5.32 Å². The Kier molecular flexibility index (Phi) is 5.21. The minimum absolute atomic E-state index is 0.0660. The van der Waals surface area contributed by atoms with Crippen molar-refractivity contribution in [2.45, 2.75) is 51.2 Å². The first kappa shape index (κ1) is 17.4. The number of nitrogens with one attached hydrogen (secondary N) is 1. The summed E-state index contributed by atoms with van der Waals surface area (Å²) in [5.74, 6) is -0.0927. The lowest BCUT2D eigenvalue weighted by Gasteiger charge is -2.38. The number of aliphatic hydroxyl groups excluding tert-OH is 1. The van der Waals surface area contributed by atoms with Crippen molar-refractivity contribution in [3.63, 3.8) is 0 Å². The lowest BCUT2D eigenvalue weighted by molar-refractivity contribution is -0.143. The summed E-state index contributed by atoms with van der Waals surface area (Å²) >= 11 is 0. The van der Waals surface area contributed by atoms with Gasteiger partial charge in [-0.1, -0.05) is 12.1 Å². The van der Waals surface area contributed by atoms with Gasteiger partial charge in [-0.2, -0.15) is 0 Å². The third-order valence-corrected chi connectivity index (χ3v) is 5.50. The molecule has 2 heterocycles. The molecule has 2 fully saturated rings. The molecule has 3 unspecified atom stereocenters. The fraction of sp³-hybridized carbons (Fsp3) is 0.632. The smallest absolute Gasteiger partial charge is 0.230 e. The topological polar surface area (TPSA) is 52.6 Å². The molecule has 5 heteroatoms. The van der Waals surface area contributed by atoms with Gasteiger partial charge in [-0.25, -0.2) is 4.39 Å². The summed E-state index contributed by atoms with van der Waals surface area (Å²) in [5, 5.41) is 13.8. The number of halogens is 1. The predicted molar refractivity (Wildman–Crippen MR) is 90.9 cm³/mol. The number of rotatable bonds is 4. The summed E-state index contributed by atoms with van der Waals surface area (Å²) in [6, 6.07) is 6.03. The molecule has 0 spiro atoms. The Morgan fingerprint density at radius 1 is 1.42 bits per heavy atom. The monoisotopic (exact) mass is 334 g/mol. The standard InChI is InChI=1S/C19H27FN2O2/c1-19(9-3-10-21-13-19)18(24)22-11-2-4-16(22)12-17(23)14-5-7-15(20)8-6-14/h5-8,16-17,21,23H,2-4,9-13H2,1H3. The van der Waals surface area contributed by atoms with E-state index in [-0.39, 0.29) is 23.2 Å². The number of amides is 1. The van der Waals surface area contributed by atoms with Crippen molar-refractivity contribution in [1.82, 2.24) is 10.2 Å². The summed E-state index contributed by atoms with van der Waals surface area (Å²) < 4.78 is 13.0. The molecule has 0 aromatic heterocycles. The Bertz CT molecular complexity index is 569. The highest BCUT2D eigenvalue weighted by Crippen LogP contribution is 2.34. The molecule has 3 rings (SSSR count). The zero-order chi connectivity index (χ0) is 17.2. The van der Waals surface area contributed by atoms with E-state index in [1.165, 1.54) is 12.1 Å². The van der Waals surface area contributed by atoms with Gasteiger partial charge in [0.15, 0.2) is 0 Å². The number of benzene rings is 1. The van der Waals surface area contributed by atoms with Gasteiger partial charge in [0.2, 0.25) is 5.91 Å². The Morgan fingerprint density at radius 3 is 2.83 bits per heavy atom. The Morgan fingerprint density at radius 2 is 2.17 bits per heavy atom. The van der Waals surface area contributed by atoms with Gasteiger partial charge in [-0.3, -0.25) is 4.79 Å². The van der Waals surface area contributed by atoms with Gasteiger partial charge < -0.3 is 15.3 Å². The van der Waals surface area contributed by atoms with Crippen LogP contribution in [0.15, 0.2) is 24.3 Å². The zero-order valence-electron chi connectivity index (χ0n) is 14.3. The fourth-order valence-electron chi connectivity index (χ4n) is 4.01. The van der Waals surface area contributed by atoms with Crippen LogP contribution in [0.2, 0.25) is 0 Å².